The summed E-state index contributed by atoms with van der Waals surface area (Å²) in [6.07, 6.45) is 2.08. The molecule has 0 spiro atoms. The molecule has 1 unspecified atom stereocenters. The molecule has 2 rings (SSSR count). The lowest BCUT2D eigenvalue weighted by Crippen LogP contribution is -2.45. The van der Waals surface area contributed by atoms with Crippen molar-refractivity contribution in [1.29, 1.82) is 0 Å². The standard InChI is InChI=1S/C16H23N3O2/c1-4-17-14-8-5-12(9-10(14)2)16(21)18-11(3)15(20)19-13-6-7-13/h5,8-9,11,13,17H,4,6-7H2,1-3H3,(H,18,21)(H,19,20). The average molecular weight is 289 g/mol. The third kappa shape index (κ3) is 4.21. The molecule has 3 N–H and O–H groups in total. The predicted octanol–water partition coefficient (Wildman–Crippen LogP) is 1.82. The van der Waals surface area contributed by atoms with Gasteiger partial charge in [-0.3, -0.25) is 9.59 Å². The fraction of sp³-hybridized carbons (Fsp3) is 0.500. The van der Waals surface area contributed by atoms with Crippen molar-refractivity contribution in [1.82, 2.24) is 10.6 Å². The second-order valence-electron chi connectivity index (χ2n) is 5.54. The van der Waals surface area contributed by atoms with E-state index >= 15 is 0 Å². The van der Waals surface area contributed by atoms with Crippen molar-refractivity contribution >= 4 is 17.5 Å². The van der Waals surface area contributed by atoms with Crippen LogP contribution in [0.2, 0.25) is 0 Å². The van der Waals surface area contributed by atoms with Gasteiger partial charge in [0.2, 0.25) is 5.91 Å². The van der Waals surface area contributed by atoms with Gasteiger partial charge in [0, 0.05) is 23.8 Å². The van der Waals surface area contributed by atoms with E-state index in [9.17, 15) is 9.59 Å². The Hall–Kier alpha value is -2.04. The van der Waals surface area contributed by atoms with Crippen molar-refractivity contribution in [3.63, 3.8) is 0 Å². The molecule has 0 aromatic heterocycles. The molecule has 21 heavy (non-hydrogen) atoms. The number of benzene rings is 1. The summed E-state index contributed by atoms with van der Waals surface area (Å²) in [5.41, 5.74) is 2.60. The summed E-state index contributed by atoms with van der Waals surface area (Å²) < 4.78 is 0. The zero-order chi connectivity index (χ0) is 15.4. The van der Waals surface area contributed by atoms with Crippen molar-refractivity contribution in [2.75, 3.05) is 11.9 Å². The van der Waals surface area contributed by atoms with Crippen molar-refractivity contribution in [2.24, 2.45) is 0 Å². The van der Waals surface area contributed by atoms with E-state index in [0.29, 0.717) is 11.6 Å². The zero-order valence-corrected chi connectivity index (χ0v) is 12.8. The van der Waals surface area contributed by atoms with E-state index in [-0.39, 0.29) is 11.8 Å². The number of aryl methyl sites for hydroxylation is 1. The Morgan fingerprint density at radius 1 is 1.33 bits per heavy atom. The molecule has 1 atom stereocenters. The van der Waals surface area contributed by atoms with Gasteiger partial charge in [-0.1, -0.05) is 0 Å². The van der Waals surface area contributed by atoms with Gasteiger partial charge in [0.25, 0.3) is 5.91 Å². The second-order valence-corrected chi connectivity index (χ2v) is 5.54. The Kier molecular flexibility index (Phi) is 4.83. The van der Waals surface area contributed by atoms with Crippen LogP contribution in [-0.2, 0) is 4.79 Å². The van der Waals surface area contributed by atoms with Gasteiger partial charge in [0.05, 0.1) is 0 Å². The Bertz CT molecular complexity index is 538. The van der Waals surface area contributed by atoms with Crippen LogP contribution in [0.5, 0.6) is 0 Å². The molecule has 5 nitrogen and oxygen atoms in total. The molecule has 1 fully saturated rings. The molecule has 1 saturated carbocycles. The Morgan fingerprint density at radius 3 is 2.62 bits per heavy atom. The van der Waals surface area contributed by atoms with Gasteiger partial charge in [-0.05, 0) is 57.4 Å². The highest BCUT2D eigenvalue weighted by Crippen LogP contribution is 2.19. The molecule has 1 aromatic carbocycles. The van der Waals surface area contributed by atoms with Gasteiger partial charge in [-0.2, -0.15) is 0 Å². The molecule has 5 heteroatoms. The Morgan fingerprint density at radius 2 is 2.05 bits per heavy atom. The van der Waals surface area contributed by atoms with Gasteiger partial charge in [-0.15, -0.1) is 0 Å². The summed E-state index contributed by atoms with van der Waals surface area (Å²) in [5.74, 6) is -0.341. The van der Waals surface area contributed by atoms with Crippen molar-refractivity contribution < 1.29 is 9.59 Å². The summed E-state index contributed by atoms with van der Waals surface area (Å²) in [4.78, 5) is 24.0. The van der Waals surface area contributed by atoms with Crippen LogP contribution < -0.4 is 16.0 Å². The molecule has 0 heterocycles. The lowest BCUT2D eigenvalue weighted by atomic mass is 10.1. The van der Waals surface area contributed by atoms with Crippen LogP contribution in [0.3, 0.4) is 0 Å². The summed E-state index contributed by atoms with van der Waals surface area (Å²) in [5, 5.41) is 8.85. The molecule has 2 amide bonds. The topological polar surface area (TPSA) is 70.2 Å². The van der Waals surface area contributed by atoms with Crippen LogP contribution in [0.15, 0.2) is 18.2 Å². The maximum Gasteiger partial charge on any atom is 0.251 e. The first-order valence-corrected chi connectivity index (χ1v) is 7.47. The summed E-state index contributed by atoms with van der Waals surface area (Å²) in [6, 6.07) is 5.28. The van der Waals surface area contributed by atoms with Gasteiger partial charge in [0.1, 0.15) is 6.04 Å². The number of rotatable bonds is 6. The van der Waals surface area contributed by atoms with Gasteiger partial charge in [-0.25, -0.2) is 0 Å². The van der Waals surface area contributed by atoms with Crippen molar-refractivity contribution in [3.8, 4) is 0 Å². The number of amides is 2. The van der Waals surface area contributed by atoms with Crippen LogP contribution in [-0.4, -0.2) is 30.4 Å². The fourth-order valence-electron chi connectivity index (χ4n) is 2.09. The largest absolute Gasteiger partial charge is 0.385 e. The normalized spacial score (nSPS) is 15.2. The number of hydrogen-bond donors (Lipinski definition) is 3. The van der Waals surface area contributed by atoms with Gasteiger partial charge < -0.3 is 16.0 Å². The summed E-state index contributed by atoms with van der Waals surface area (Å²) >= 11 is 0. The third-order valence-corrected chi connectivity index (χ3v) is 3.52. The van der Waals surface area contributed by atoms with E-state index in [2.05, 4.69) is 16.0 Å². The minimum atomic E-state index is -0.521. The van der Waals surface area contributed by atoms with Crippen LogP contribution in [0.25, 0.3) is 0 Å². The van der Waals surface area contributed by atoms with E-state index in [1.54, 1.807) is 13.0 Å². The number of nitrogens with one attached hydrogen (secondary N) is 3. The SMILES string of the molecule is CCNc1ccc(C(=O)NC(C)C(=O)NC2CC2)cc1C. The molecular formula is C16H23N3O2. The molecule has 0 saturated heterocycles. The molecule has 0 bridgehead atoms. The quantitative estimate of drug-likeness (QED) is 0.748. The minimum absolute atomic E-state index is 0.119. The monoisotopic (exact) mass is 289 g/mol. The molecular weight excluding hydrogens is 266 g/mol. The highest BCUT2D eigenvalue weighted by molar-refractivity contribution is 5.98. The van der Waals surface area contributed by atoms with Crippen LogP contribution in [0, 0.1) is 6.92 Å². The molecule has 1 aliphatic carbocycles. The van der Waals surface area contributed by atoms with Crippen LogP contribution >= 0.6 is 0 Å². The molecule has 0 aliphatic heterocycles. The van der Waals surface area contributed by atoms with Gasteiger partial charge >= 0.3 is 0 Å². The number of carbonyl (C=O) groups excluding carboxylic acids is 2. The second kappa shape index (κ2) is 6.61. The smallest absolute Gasteiger partial charge is 0.251 e. The first-order chi connectivity index (χ1) is 10.0. The van der Waals surface area contributed by atoms with E-state index < -0.39 is 6.04 Å². The van der Waals surface area contributed by atoms with Gasteiger partial charge in [0.15, 0.2) is 0 Å². The zero-order valence-electron chi connectivity index (χ0n) is 12.8. The molecule has 0 radical (unpaired) electrons. The first-order valence-electron chi connectivity index (χ1n) is 7.47. The highest BCUT2D eigenvalue weighted by Gasteiger charge is 2.26. The van der Waals surface area contributed by atoms with Crippen molar-refractivity contribution in [2.45, 2.75) is 45.7 Å². The maximum absolute atomic E-state index is 12.2. The third-order valence-electron chi connectivity index (χ3n) is 3.52. The Labute approximate surface area is 125 Å². The lowest BCUT2D eigenvalue weighted by molar-refractivity contribution is -0.122. The van der Waals surface area contributed by atoms with Crippen LogP contribution in [0.1, 0.15) is 42.6 Å². The Balaban J connectivity index is 1.95. The number of carbonyl (C=O) groups is 2. The highest BCUT2D eigenvalue weighted by atomic mass is 16.2. The van der Waals surface area contributed by atoms with E-state index in [4.69, 9.17) is 0 Å². The van der Waals surface area contributed by atoms with Crippen LogP contribution in [0.4, 0.5) is 5.69 Å². The lowest BCUT2D eigenvalue weighted by Gasteiger charge is -2.15. The average Bonchev–Trinajstić information content (AvgIpc) is 3.25. The fourth-order valence-corrected chi connectivity index (χ4v) is 2.09. The first kappa shape index (κ1) is 15.4. The summed E-state index contributed by atoms with van der Waals surface area (Å²) in [6.45, 7) is 6.53. The van der Waals surface area contributed by atoms with E-state index in [0.717, 1.165) is 30.6 Å². The number of hydrogen-bond acceptors (Lipinski definition) is 3. The van der Waals surface area contributed by atoms with Crippen molar-refractivity contribution in [3.05, 3.63) is 29.3 Å². The molecule has 1 aliphatic rings. The minimum Gasteiger partial charge on any atom is -0.385 e. The summed E-state index contributed by atoms with van der Waals surface area (Å²) in [7, 11) is 0. The predicted molar refractivity (Wildman–Crippen MR) is 83.4 cm³/mol. The van der Waals surface area contributed by atoms with E-state index in [1.165, 1.54) is 0 Å². The maximum atomic E-state index is 12.2. The van der Waals surface area contributed by atoms with E-state index in [1.807, 2.05) is 26.0 Å². The molecule has 1 aromatic rings. The molecule has 114 valence electrons. The number of anilines is 1.